The molecule has 0 aliphatic rings. The lowest BCUT2D eigenvalue weighted by Crippen LogP contribution is -1.74. The van der Waals surface area contributed by atoms with Crippen molar-refractivity contribution >= 4 is 37.9 Å². The number of imidazole rings is 1. The summed E-state index contributed by atoms with van der Waals surface area (Å²) in [6.07, 6.45) is 1.97. The Balaban J connectivity index is 0.000000581. The van der Waals surface area contributed by atoms with Gasteiger partial charge >= 0.3 is 0 Å². The molecule has 0 aliphatic heterocycles. The van der Waals surface area contributed by atoms with Gasteiger partial charge in [0.15, 0.2) is 10.1 Å². The van der Waals surface area contributed by atoms with Gasteiger partial charge in [-0.25, -0.2) is 4.98 Å². The summed E-state index contributed by atoms with van der Waals surface area (Å²) < 4.78 is 16.3. The minimum atomic E-state index is -0.175. The summed E-state index contributed by atoms with van der Waals surface area (Å²) in [4.78, 5) is 6.37. The second kappa shape index (κ2) is 5.34. The predicted octanol–water partition coefficient (Wildman–Crippen LogP) is 5.44. The molecule has 0 N–H and O–H groups in total. The molecule has 0 aliphatic carbocycles. The third kappa shape index (κ3) is 2.13. The van der Waals surface area contributed by atoms with E-state index in [0.717, 1.165) is 32.4 Å². The molecule has 0 fully saturated rings. The van der Waals surface area contributed by atoms with Crippen LogP contribution in [0.1, 0.15) is 13.8 Å². The monoisotopic (exact) mass is 304 g/mol. The Morgan fingerprint density at radius 3 is 2.60 bits per heavy atom. The van der Waals surface area contributed by atoms with Crippen LogP contribution in [0.4, 0.5) is 4.39 Å². The van der Waals surface area contributed by atoms with E-state index in [1.54, 1.807) is 17.4 Å². The number of halogens is 1. The Bertz CT molecular complexity index is 857. The minimum Gasteiger partial charge on any atom is -0.290 e. The van der Waals surface area contributed by atoms with Crippen LogP contribution in [0, 0.1) is 5.13 Å². The summed E-state index contributed by atoms with van der Waals surface area (Å²) in [5, 5.41) is -0.175. The van der Waals surface area contributed by atoms with E-state index in [1.165, 1.54) is 10.8 Å². The van der Waals surface area contributed by atoms with Gasteiger partial charge in [0.05, 0.1) is 15.1 Å². The highest BCUT2D eigenvalue weighted by molar-refractivity contribution is 7.23. The van der Waals surface area contributed by atoms with Gasteiger partial charge in [0.2, 0.25) is 0 Å². The van der Waals surface area contributed by atoms with Gasteiger partial charge in [0.25, 0.3) is 0 Å². The van der Waals surface area contributed by atoms with Crippen molar-refractivity contribution in [3.63, 3.8) is 0 Å². The fraction of sp³-hybridized carbons (Fsp3) is 0.133. The number of rotatable bonds is 1. The summed E-state index contributed by atoms with van der Waals surface area (Å²) in [5.74, 6) is 0. The maximum absolute atomic E-state index is 13.0. The molecular formula is C15H13FN2S2. The Morgan fingerprint density at radius 1 is 1.05 bits per heavy atom. The first kappa shape index (κ1) is 13.3. The highest BCUT2D eigenvalue weighted by atomic mass is 32.1. The largest absolute Gasteiger partial charge is 0.290 e. The maximum Gasteiger partial charge on any atom is 0.195 e. The van der Waals surface area contributed by atoms with E-state index in [9.17, 15) is 4.39 Å². The molecule has 20 heavy (non-hydrogen) atoms. The molecule has 4 rings (SSSR count). The van der Waals surface area contributed by atoms with E-state index in [-0.39, 0.29) is 5.13 Å². The number of thiazole rings is 1. The first-order valence-corrected chi connectivity index (χ1v) is 8.07. The van der Waals surface area contributed by atoms with Gasteiger partial charge in [-0.15, -0.1) is 11.3 Å². The zero-order valence-corrected chi connectivity index (χ0v) is 12.8. The highest BCUT2D eigenvalue weighted by Crippen LogP contribution is 2.31. The van der Waals surface area contributed by atoms with Crippen molar-refractivity contribution in [2.45, 2.75) is 13.8 Å². The van der Waals surface area contributed by atoms with Crippen LogP contribution in [0.5, 0.6) is 0 Å². The Hall–Kier alpha value is -1.72. The van der Waals surface area contributed by atoms with E-state index in [2.05, 4.69) is 21.5 Å². The van der Waals surface area contributed by atoms with Crippen molar-refractivity contribution in [1.82, 2.24) is 9.38 Å². The average molecular weight is 304 g/mol. The Labute approximate surface area is 124 Å². The number of benzene rings is 1. The molecule has 0 atom stereocenters. The lowest BCUT2D eigenvalue weighted by molar-refractivity contribution is 0.657. The highest BCUT2D eigenvalue weighted by Gasteiger charge is 2.11. The number of aromatic nitrogens is 2. The molecule has 0 spiro atoms. The summed E-state index contributed by atoms with van der Waals surface area (Å²) in [6.45, 7) is 4.00. The van der Waals surface area contributed by atoms with E-state index in [0.29, 0.717) is 0 Å². The van der Waals surface area contributed by atoms with Crippen molar-refractivity contribution in [3.05, 3.63) is 47.7 Å². The molecule has 0 amide bonds. The normalized spacial score (nSPS) is 10.8. The van der Waals surface area contributed by atoms with Gasteiger partial charge in [-0.1, -0.05) is 37.3 Å². The van der Waals surface area contributed by atoms with Gasteiger partial charge in [0, 0.05) is 6.20 Å². The SMILES string of the molecule is CC.Fc1ccc(-c2cn3c(n2)sc2ccccc23)s1. The van der Waals surface area contributed by atoms with Crippen molar-refractivity contribution in [3.8, 4) is 10.6 Å². The summed E-state index contributed by atoms with van der Waals surface area (Å²) in [5.41, 5.74) is 1.98. The fourth-order valence-corrected chi connectivity index (χ4v) is 3.71. The molecule has 3 aromatic heterocycles. The summed E-state index contributed by atoms with van der Waals surface area (Å²) in [7, 11) is 0. The molecule has 5 heteroatoms. The van der Waals surface area contributed by atoms with E-state index in [4.69, 9.17) is 0 Å². The second-order valence-electron chi connectivity index (χ2n) is 3.95. The molecular weight excluding hydrogens is 291 g/mol. The van der Waals surface area contributed by atoms with Crippen LogP contribution in [-0.2, 0) is 0 Å². The van der Waals surface area contributed by atoms with E-state index in [1.807, 2.05) is 32.2 Å². The summed E-state index contributed by atoms with van der Waals surface area (Å²) in [6, 6.07) is 11.4. The number of hydrogen-bond acceptors (Lipinski definition) is 3. The van der Waals surface area contributed by atoms with Crippen molar-refractivity contribution < 1.29 is 4.39 Å². The maximum atomic E-state index is 13.0. The van der Waals surface area contributed by atoms with Crippen molar-refractivity contribution in [2.24, 2.45) is 0 Å². The standard InChI is InChI=1S/C13H7FN2S2.C2H6/c14-12-6-5-10(17-12)8-7-16-9-3-1-2-4-11(9)18-13(16)15-8;1-2/h1-7H;1-2H3. The van der Waals surface area contributed by atoms with Gasteiger partial charge in [-0.3, -0.25) is 4.40 Å². The predicted molar refractivity (Wildman–Crippen MR) is 85.2 cm³/mol. The topological polar surface area (TPSA) is 17.3 Å². The molecule has 0 saturated carbocycles. The smallest absolute Gasteiger partial charge is 0.195 e. The average Bonchev–Trinajstić information content (AvgIpc) is 3.14. The van der Waals surface area contributed by atoms with Gasteiger partial charge < -0.3 is 0 Å². The lowest BCUT2D eigenvalue weighted by Gasteiger charge is -1.89. The lowest BCUT2D eigenvalue weighted by atomic mass is 10.3. The van der Waals surface area contributed by atoms with Crippen LogP contribution in [0.2, 0.25) is 0 Å². The fourth-order valence-electron chi connectivity index (χ4n) is 2.02. The number of hydrogen-bond donors (Lipinski definition) is 0. The number of nitrogens with zero attached hydrogens (tertiary/aromatic N) is 2. The molecule has 1 aromatic carbocycles. The van der Waals surface area contributed by atoms with Gasteiger partial charge in [0.1, 0.15) is 5.69 Å². The van der Waals surface area contributed by atoms with Gasteiger partial charge in [-0.2, -0.15) is 4.39 Å². The van der Waals surface area contributed by atoms with Crippen LogP contribution in [0.15, 0.2) is 42.6 Å². The molecule has 0 unspecified atom stereocenters. The first-order valence-electron chi connectivity index (χ1n) is 6.43. The van der Waals surface area contributed by atoms with E-state index >= 15 is 0 Å². The third-order valence-electron chi connectivity index (χ3n) is 2.83. The quantitative estimate of drug-likeness (QED) is 0.457. The first-order chi connectivity index (χ1) is 9.81. The second-order valence-corrected chi connectivity index (χ2v) is 6.00. The number of thiophene rings is 1. The number of fused-ring (bicyclic) bond motifs is 3. The third-order valence-corrected chi connectivity index (χ3v) is 4.76. The Kier molecular flexibility index (Phi) is 3.54. The van der Waals surface area contributed by atoms with Gasteiger partial charge in [-0.05, 0) is 24.3 Å². The van der Waals surface area contributed by atoms with Crippen LogP contribution >= 0.6 is 22.7 Å². The van der Waals surface area contributed by atoms with Crippen LogP contribution < -0.4 is 0 Å². The molecule has 0 saturated heterocycles. The van der Waals surface area contributed by atoms with Crippen molar-refractivity contribution in [2.75, 3.05) is 0 Å². The zero-order chi connectivity index (χ0) is 14.1. The molecule has 3 heterocycles. The van der Waals surface area contributed by atoms with Crippen LogP contribution in [0.25, 0.3) is 25.7 Å². The van der Waals surface area contributed by atoms with Crippen LogP contribution in [-0.4, -0.2) is 9.38 Å². The minimum absolute atomic E-state index is 0.175. The molecule has 102 valence electrons. The van der Waals surface area contributed by atoms with Crippen LogP contribution in [0.3, 0.4) is 0 Å². The molecule has 2 nitrogen and oxygen atoms in total. The molecule has 0 bridgehead atoms. The van der Waals surface area contributed by atoms with E-state index < -0.39 is 0 Å². The summed E-state index contributed by atoms with van der Waals surface area (Å²) >= 11 is 2.77. The van der Waals surface area contributed by atoms with Crippen molar-refractivity contribution in [1.29, 1.82) is 0 Å². The number of para-hydroxylation sites is 1. The molecule has 4 aromatic rings. The zero-order valence-electron chi connectivity index (χ0n) is 11.1. The Morgan fingerprint density at radius 2 is 1.85 bits per heavy atom. The molecule has 0 radical (unpaired) electrons.